The van der Waals surface area contributed by atoms with E-state index < -0.39 is 17.8 Å². The van der Waals surface area contributed by atoms with Crippen LogP contribution in [0.3, 0.4) is 0 Å². The summed E-state index contributed by atoms with van der Waals surface area (Å²) in [6.45, 7) is 3.11. The SMILES string of the molecule is CCOC(=O)C1=C(C)OC(N)=C(C#N)C1c1ccc(OCC(=O)Nc2ccccc2OC)c(OC)c1. The van der Waals surface area contributed by atoms with Gasteiger partial charge in [0.05, 0.1) is 38.0 Å². The third-order valence-electron chi connectivity index (χ3n) is 5.36. The van der Waals surface area contributed by atoms with Crippen molar-refractivity contribution in [1.29, 1.82) is 5.26 Å². The maximum Gasteiger partial charge on any atom is 0.338 e. The standard InChI is InChI=1S/C26H27N3O7/c1-5-34-26(31)23-15(2)36-25(28)17(13-27)24(23)16-10-11-20(21(12-16)33-4)35-14-22(30)29-18-8-6-7-9-19(18)32-3/h6-12,24H,5,14,28H2,1-4H3,(H,29,30). The molecule has 188 valence electrons. The molecule has 1 aliphatic heterocycles. The Morgan fingerprint density at radius 2 is 1.83 bits per heavy atom. The van der Waals surface area contributed by atoms with Crippen molar-refractivity contribution < 1.29 is 33.3 Å². The normalized spacial score (nSPS) is 14.9. The molecule has 0 aliphatic carbocycles. The minimum atomic E-state index is -0.834. The smallest absolute Gasteiger partial charge is 0.338 e. The Morgan fingerprint density at radius 1 is 1.11 bits per heavy atom. The minimum absolute atomic E-state index is 0.0653. The fourth-order valence-corrected chi connectivity index (χ4v) is 3.75. The van der Waals surface area contributed by atoms with Crippen LogP contribution in [0.1, 0.15) is 25.3 Å². The monoisotopic (exact) mass is 493 g/mol. The van der Waals surface area contributed by atoms with E-state index in [2.05, 4.69) is 5.32 Å². The van der Waals surface area contributed by atoms with Crippen LogP contribution in [0.4, 0.5) is 5.69 Å². The summed E-state index contributed by atoms with van der Waals surface area (Å²) >= 11 is 0. The van der Waals surface area contributed by atoms with Gasteiger partial charge in [-0.1, -0.05) is 18.2 Å². The highest BCUT2D eigenvalue weighted by molar-refractivity contribution is 5.93. The number of hydrogen-bond donors (Lipinski definition) is 2. The third kappa shape index (κ3) is 5.52. The number of benzene rings is 2. The van der Waals surface area contributed by atoms with Gasteiger partial charge in [0, 0.05) is 0 Å². The van der Waals surface area contributed by atoms with Crippen molar-refractivity contribution in [1.82, 2.24) is 0 Å². The minimum Gasteiger partial charge on any atom is -0.495 e. The second-order valence-electron chi connectivity index (χ2n) is 7.56. The lowest BCUT2D eigenvalue weighted by Crippen LogP contribution is -2.25. The molecule has 1 amide bonds. The van der Waals surface area contributed by atoms with Gasteiger partial charge in [0.15, 0.2) is 18.1 Å². The second kappa shape index (κ2) is 11.7. The summed E-state index contributed by atoms with van der Waals surface area (Å²) in [6.07, 6.45) is 0. The van der Waals surface area contributed by atoms with E-state index in [0.29, 0.717) is 22.7 Å². The molecule has 1 atom stereocenters. The van der Waals surface area contributed by atoms with E-state index in [1.54, 1.807) is 56.3 Å². The molecule has 1 aliphatic rings. The topological polar surface area (TPSA) is 142 Å². The van der Waals surface area contributed by atoms with Crippen LogP contribution in [0.25, 0.3) is 0 Å². The number of nitriles is 1. The fraction of sp³-hybridized carbons (Fsp3) is 0.269. The maximum absolute atomic E-state index is 12.7. The van der Waals surface area contributed by atoms with Gasteiger partial charge >= 0.3 is 5.97 Å². The predicted octanol–water partition coefficient (Wildman–Crippen LogP) is 3.37. The molecule has 1 heterocycles. The average Bonchev–Trinajstić information content (AvgIpc) is 2.87. The number of allylic oxidation sites excluding steroid dienone is 2. The molecule has 0 saturated carbocycles. The van der Waals surface area contributed by atoms with Crippen molar-refractivity contribution in [2.24, 2.45) is 5.73 Å². The van der Waals surface area contributed by atoms with Crippen LogP contribution >= 0.6 is 0 Å². The van der Waals surface area contributed by atoms with E-state index in [4.69, 9.17) is 29.4 Å². The highest BCUT2D eigenvalue weighted by Gasteiger charge is 2.36. The van der Waals surface area contributed by atoms with Crippen LogP contribution in [0.15, 0.2) is 65.3 Å². The molecule has 36 heavy (non-hydrogen) atoms. The molecule has 10 nitrogen and oxygen atoms in total. The molecule has 2 aromatic carbocycles. The van der Waals surface area contributed by atoms with Crippen LogP contribution < -0.4 is 25.3 Å². The number of para-hydroxylation sites is 2. The number of methoxy groups -OCH3 is 2. The van der Waals surface area contributed by atoms with Crippen molar-refractivity contribution in [3.05, 3.63) is 70.8 Å². The van der Waals surface area contributed by atoms with E-state index in [1.165, 1.54) is 14.2 Å². The molecule has 0 spiro atoms. The first-order valence-electron chi connectivity index (χ1n) is 11.0. The lowest BCUT2D eigenvalue weighted by molar-refractivity contribution is -0.139. The van der Waals surface area contributed by atoms with E-state index >= 15 is 0 Å². The Kier molecular flexibility index (Phi) is 8.41. The summed E-state index contributed by atoms with van der Waals surface area (Å²) in [5.41, 5.74) is 7.22. The van der Waals surface area contributed by atoms with Crippen molar-refractivity contribution in [2.75, 3.05) is 32.8 Å². The molecule has 0 saturated heterocycles. The maximum atomic E-state index is 12.7. The first-order chi connectivity index (χ1) is 17.3. The number of nitrogens with one attached hydrogen (secondary N) is 1. The Bertz CT molecular complexity index is 1260. The highest BCUT2D eigenvalue weighted by atomic mass is 16.5. The number of carbonyl (C=O) groups excluding carboxylic acids is 2. The van der Waals surface area contributed by atoms with Gasteiger partial charge in [-0.25, -0.2) is 4.79 Å². The third-order valence-corrected chi connectivity index (χ3v) is 5.36. The molecule has 0 fully saturated rings. The lowest BCUT2D eigenvalue weighted by Gasteiger charge is -2.27. The van der Waals surface area contributed by atoms with Crippen LogP contribution in [0.2, 0.25) is 0 Å². The zero-order valence-corrected chi connectivity index (χ0v) is 20.4. The number of amides is 1. The van der Waals surface area contributed by atoms with Gasteiger partial charge in [-0.2, -0.15) is 5.26 Å². The summed E-state index contributed by atoms with van der Waals surface area (Å²) in [4.78, 5) is 25.2. The average molecular weight is 494 g/mol. The van der Waals surface area contributed by atoms with Crippen molar-refractivity contribution in [3.63, 3.8) is 0 Å². The summed E-state index contributed by atoms with van der Waals surface area (Å²) in [5, 5.41) is 12.5. The number of anilines is 1. The molecule has 10 heteroatoms. The van der Waals surface area contributed by atoms with Gasteiger partial charge in [0.2, 0.25) is 5.88 Å². The first-order valence-corrected chi connectivity index (χ1v) is 11.0. The fourth-order valence-electron chi connectivity index (χ4n) is 3.75. The molecule has 0 radical (unpaired) electrons. The van der Waals surface area contributed by atoms with E-state index in [9.17, 15) is 14.9 Å². The van der Waals surface area contributed by atoms with Gasteiger partial charge in [-0.3, -0.25) is 4.79 Å². The van der Waals surface area contributed by atoms with Gasteiger partial charge in [-0.05, 0) is 43.7 Å². The summed E-state index contributed by atoms with van der Waals surface area (Å²) in [6, 6.07) is 13.9. The van der Waals surface area contributed by atoms with Gasteiger partial charge in [0.25, 0.3) is 5.91 Å². The molecular formula is C26H27N3O7. The number of carbonyl (C=O) groups is 2. The molecule has 0 bridgehead atoms. The van der Waals surface area contributed by atoms with E-state index in [0.717, 1.165) is 0 Å². The highest BCUT2D eigenvalue weighted by Crippen LogP contribution is 2.42. The van der Waals surface area contributed by atoms with Crippen LogP contribution in [0.5, 0.6) is 17.2 Å². The molecule has 3 N–H and O–H groups in total. The number of esters is 1. The van der Waals surface area contributed by atoms with Crippen molar-refractivity contribution >= 4 is 17.6 Å². The Balaban J connectivity index is 1.86. The molecule has 1 unspecified atom stereocenters. The van der Waals surface area contributed by atoms with Crippen molar-refractivity contribution in [3.8, 4) is 23.3 Å². The van der Waals surface area contributed by atoms with E-state index in [1.807, 2.05) is 6.07 Å². The van der Waals surface area contributed by atoms with E-state index in [-0.39, 0.29) is 41.8 Å². The zero-order valence-electron chi connectivity index (χ0n) is 20.4. The second-order valence-corrected chi connectivity index (χ2v) is 7.56. The summed E-state index contributed by atoms with van der Waals surface area (Å²) in [5.74, 6) is -0.612. The molecule has 3 rings (SSSR count). The zero-order chi connectivity index (χ0) is 26.2. The first kappa shape index (κ1) is 26.0. The lowest BCUT2D eigenvalue weighted by atomic mass is 9.83. The predicted molar refractivity (Wildman–Crippen MR) is 130 cm³/mol. The Morgan fingerprint density at radius 3 is 2.50 bits per heavy atom. The molecule has 2 aromatic rings. The van der Waals surface area contributed by atoms with Gasteiger partial charge < -0.3 is 34.7 Å². The van der Waals surface area contributed by atoms with Gasteiger partial charge in [0.1, 0.15) is 23.2 Å². The molecule has 0 aromatic heterocycles. The number of rotatable bonds is 9. The van der Waals surface area contributed by atoms with Crippen LogP contribution in [0, 0.1) is 11.3 Å². The largest absolute Gasteiger partial charge is 0.495 e. The quantitative estimate of drug-likeness (QED) is 0.503. The number of hydrogen-bond acceptors (Lipinski definition) is 9. The number of nitrogens with zero attached hydrogens (tertiary/aromatic N) is 1. The van der Waals surface area contributed by atoms with Crippen LogP contribution in [-0.2, 0) is 19.1 Å². The Hall–Kier alpha value is -4.65. The van der Waals surface area contributed by atoms with Crippen LogP contribution in [-0.4, -0.2) is 39.3 Å². The van der Waals surface area contributed by atoms with Gasteiger partial charge in [-0.15, -0.1) is 0 Å². The van der Waals surface area contributed by atoms with Crippen molar-refractivity contribution in [2.45, 2.75) is 19.8 Å². The number of nitrogens with two attached hydrogens (primary N) is 1. The number of ether oxygens (including phenoxy) is 5. The Labute approximate surface area is 208 Å². The summed E-state index contributed by atoms with van der Waals surface area (Å²) in [7, 11) is 2.95. The molecular weight excluding hydrogens is 466 g/mol. The summed E-state index contributed by atoms with van der Waals surface area (Å²) < 4.78 is 27.0.